The highest BCUT2D eigenvalue weighted by molar-refractivity contribution is 5.54. The second-order valence-corrected chi connectivity index (χ2v) is 4.54. The van der Waals surface area contributed by atoms with Crippen molar-refractivity contribution >= 4 is 5.69 Å². The van der Waals surface area contributed by atoms with Gasteiger partial charge in [-0.25, -0.2) is 0 Å². The summed E-state index contributed by atoms with van der Waals surface area (Å²) in [6.07, 6.45) is 1.70. The number of nitrogens with two attached hydrogens (primary N) is 1. The van der Waals surface area contributed by atoms with Gasteiger partial charge in [-0.05, 0) is 37.5 Å². The van der Waals surface area contributed by atoms with Gasteiger partial charge in [0.1, 0.15) is 5.75 Å². The number of nitrogen functional groups attached to an aromatic ring is 1. The summed E-state index contributed by atoms with van der Waals surface area (Å²) in [4.78, 5) is 0. The van der Waals surface area contributed by atoms with E-state index in [1.54, 1.807) is 0 Å². The molecular formula is C15H20N2O. The molecule has 0 aliphatic carbocycles. The Balaban J connectivity index is 2.58. The molecule has 1 aromatic heterocycles. The molecule has 0 bridgehead atoms. The van der Waals surface area contributed by atoms with Gasteiger partial charge in [0.05, 0.1) is 5.69 Å². The van der Waals surface area contributed by atoms with Crippen LogP contribution in [-0.4, -0.2) is 9.67 Å². The zero-order chi connectivity index (χ0) is 13.3. The first-order valence-corrected chi connectivity index (χ1v) is 6.37. The molecule has 0 unspecified atom stereocenters. The fraction of sp³-hybridized carbons (Fsp3) is 0.333. The Morgan fingerprint density at radius 1 is 1.17 bits per heavy atom. The quantitative estimate of drug-likeness (QED) is 0.871. The summed E-state index contributed by atoms with van der Waals surface area (Å²) in [6.45, 7) is 6.15. The molecule has 0 atom stereocenters. The van der Waals surface area contributed by atoms with Crippen LogP contribution in [0.1, 0.15) is 30.8 Å². The molecule has 0 radical (unpaired) electrons. The van der Waals surface area contributed by atoms with Gasteiger partial charge in [0.25, 0.3) is 0 Å². The third-order valence-corrected chi connectivity index (χ3v) is 3.36. The fourth-order valence-electron chi connectivity index (χ4n) is 2.43. The van der Waals surface area contributed by atoms with Crippen molar-refractivity contribution < 1.29 is 5.11 Å². The second-order valence-electron chi connectivity index (χ2n) is 4.54. The molecule has 3 N–H and O–H groups in total. The Hall–Kier alpha value is -1.90. The number of rotatable bonds is 3. The fourth-order valence-corrected chi connectivity index (χ4v) is 2.43. The molecule has 0 spiro atoms. The van der Waals surface area contributed by atoms with E-state index < -0.39 is 0 Å². The molecule has 0 amide bonds. The minimum absolute atomic E-state index is 0.351. The van der Waals surface area contributed by atoms with Crippen LogP contribution in [0.15, 0.2) is 24.3 Å². The molecule has 2 rings (SSSR count). The standard InChI is InChI=1S/C15H20N2O/c1-4-11-6-7-12(9-15(11)18)17-10(3)8-13(16)14(17)5-2/h6-9,18H,4-5,16H2,1-3H3. The first kappa shape index (κ1) is 12.6. The van der Waals surface area contributed by atoms with Crippen LogP contribution in [0.5, 0.6) is 5.75 Å². The average molecular weight is 244 g/mol. The maximum atomic E-state index is 9.97. The van der Waals surface area contributed by atoms with E-state index in [2.05, 4.69) is 11.5 Å². The number of phenolic OH excluding ortho intramolecular Hbond substituents is 1. The van der Waals surface area contributed by atoms with E-state index in [0.717, 1.165) is 41.2 Å². The van der Waals surface area contributed by atoms with E-state index in [-0.39, 0.29) is 0 Å². The lowest BCUT2D eigenvalue weighted by Crippen LogP contribution is -2.03. The summed E-state index contributed by atoms with van der Waals surface area (Å²) < 4.78 is 2.11. The number of anilines is 1. The molecule has 3 nitrogen and oxygen atoms in total. The van der Waals surface area contributed by atoms with Crippen LogP contribution in [0.3, 0.4) is 0 Å². The predicted molar refractivity (Wildman–Crippen MR) is 75.3 cm³/mol. The van der Waals surface area contributed by atoms with E-state index in [1.165, 1.54) is 0 Å². The van der Waals surface area contributed by atoms with Gasteiger partial charge < -0.3 is 15.4 Å². The zero-order valence-electron chi connectivity index (χ0n) is 11.2. The summed E-state index contributed by atoms with van der Waals surface area (Å²) in [5, 5.41) is 9.97. The van der Waals surface area contributed by atoms with E-state index in [9.17, 15) is 5.11 Å². The van der Waals surface area contributed by atoms with Gasteiger partial charge in [0, 0.05) is 23.1 Å². The van der Waals surface area contributed by atoms with E-state index in [1.807, 2.05) is 38.1 Å². The number of hydrogen-bond acceptors (Lipinski definition) is 2. The number of aromatic hydroxyl groups is 1. The van der Waals surface area contributed by atoms with Crippen molar-refractivity contribution in [3.05, 3.63) is 41.2 Å². The monoisotopic (exact) mass is 244 g/mol. The summed E-state index contributed by atoms with van der Waals surface area (Å²) in [5.74, 6) is 0.351. The SMILES string of the molecule is CCc1ccc(-n2c(C)cc(N)c2CC)cc1O. The maximum Gasteiger partial charge on any atom is 0.120 e. The topological polar surface area (TPSA) is 51.2 Å². The molecule has 3 heteroatoms. The molecule has 0 saturated heterocycles. The van der Waals surface area contributed by atoms with E-state index in [4.69, 9.17) is 5.73 Å². The summed E-state index contributed by atoms with van der Waals surface area (Å²) in [7, 11) is 0. The van der Waals surface area contributed by atoms with Gasteiger partial charge in [0.2, 0.25) is 0 Å². The lowest BCUT2D eigenvalue weighted by molar-refractivity contribution is 0.468. The van der Waals surface area contributed by atoms with Crippen molar-refractivity contribution in [3.8, 4) is 11.4 Å². The van der Waals surface area contributed by atoms with Gasteiger partial charge in [-0.1, -0.05) is 19.9 Å². The summed E-state index contributed by atoms with van der Waals surface area (Å²) >= 11 is 0. The number of hydrogen-bond donors (Lipinski definition) is 2. The van der Waals surface area contributed by atoms with Crippen LogP contribution < -0.4 is 5.73 Å². The first-order valence-electron chi connectivity index (χ1n) is 6.37. The van der Waals surface area contributed by atoms with Crippen molar-refractivity contribution in [3.63, 3.8) is 0 Å². The highest BCUT2D eigenvalue weighted by Crippen LogP contribution is 2.27. The Bertz CT molecular complexity index is 570. The Morgan fingerprint density at radius 2 is 1.89 bits per heavy atom. The third-order valence-electron chi connectivity index (χ3n) is 3.36. The number of aromatic nitrogens is 1. The highest BCUT2D eigenvalue weighted by Gasteiger charge is 2.11. The molecule has 1 aromatic carbocycles. The Morgan fingerprint density at radius 3 is 2.44 bits per heavy atom. The van der Waals surface area contributed by atoms with Crippen LogP contribution in [0, 0.1) is 6.92 Å². The van der Waals surface area contributed by atoms with Crippen LogP contribution in [-0.2, 0) is 12.8 Å². The highest BCUT2D eigenvalue weighted by atomic mass is 16.3. The van der Waals surface area contributed by atoms with Gasteiger partial charge >= 0.3 is 0 Å². The molecular weight excluding hydrogens is 224 g/mol. The van der Waals surface area contributed by atoms with Crippen molar-refractivity contribution in [1.82, 2.24) is 4.57 Å². The maximum absolute atomic E-state index is 9.97. The van der Waals surface area contributed by atoms with Crippen molar-refractivity contribution in [2.75, 3.05) is 5.73 Å². The Kier molecular flexibility index (Phi) is 3.32. The summed E-state index contributed by atoms with van der Waals surface area (Å²) in [5.41, 5.74) is 10.9. The molecule has 96 valence electrons. The van der Waals surface area contributed by atoms with Crippen molar-refractivity contribution in [2.45, 2.75) is 33.6 Å². The Labute approximate surface area is 108 Å². The summed E-state index contributed by atoms with van der Waals surface area (Å²) in [6, 6.07) is 7.79. The molecule has 18 heavy (non-hydrogen) atoms. The largest absolute Gasteiger partial charge is 0.508 e. The van der Waals surface area contributed by atoms with Crippen LogP contribution in [0.4, 0.5) is 5.69 Å². The minimum Gasteiger partial charge on any atom is -0.508 e. The van der Waals surface area contributed by atoms with E-state index >= 15 is 0 Å². The van der Waals surface area contributed by atoms with E-state index in [0.29, 0.717) is 5.75 Å². The number of aryl methyl sites for hydroxylation is 2. The predicted octanol–water partition coefficient (Wildman–Crippen LogP) is 3.20. The second kappa shape index (κ2) is 4.77. The molecule has 0 aliphatic rings. The number of phenols is 1. The molecule has 1 heterocycles. The van der Waals surface area contributed by atoms with Crippen LogP contribution in [0.25, 0.3) is 5.69 Å². The molecule has 2 aromatic rings. The van der Waals surface area contributed by atoms with Crippen molar-refractivity contribution in [2.24, 2.45) is 0 Å². The minimum atomic E-state index is 0.351. The van der Waals surface area contributed by atoms with Gasteiger partial charge in [0.15, 0.2) is 0 Å². The van der Waals surface area contributed by atoms with Crippen molar-refractivity contribution in [1.29, 1.82) is 0 Å². The lowest BCUT2D eigenvalue weighted by Gasteiger charge is -2.13. The van der Waals surface area contributed by atoms with Gasteiger partial charge in [-0.15, -0.1) is 0 Å². The normalized spacial score (nSPS) is 10.8. The van der Waals surface area contributed by atoms with Gasteiger partial charge in [-0.2, -0.15) is 0 Å². The lowest BCUT2D eigenvalue weighted by atomic mass is 10.1. The third kappa shape index (κ3) is 1.96. The number of nitrogens with zero attached hydrogens (tertiary/aromatic N) is 1. The first-order chi connectivity index (χ1) is 8.58. The number of benzene rings is 1. The smallest absolute Gasteiger partial charge is 0.120 e. The zero-order valence-corrected chi connectivity index (χ0v) is 11.2. The molecule has 0 saturated carbocycles. The molecule has 0 aliphatic heterocycles. The average Bonchev–Trinajstić information content (AvgIpc) is 2.63. The van der Waals surface area contributed by atoms with Gasteiger partial charge in [-0.3, -0.25) is 0 Å². The van der Waals surface area contributed by atoms with Crippen LogP contribution >= 0.6 is 0 Å². The van der Waals surface area contributed by atoms with Crippen LogP contribution in [0.2, 0.25) is 0 Å². The molecule has 0 fully saturated rings.